The summed E-state index contributed by atoms with van der Waals surface area (Å²) in [6, 6.07) is 21.4. The van der Waals surface area contributed by atoms with Gasteiger partial charge in [-0.15, -0.1) is 0 Å². The number of rotatable bonds is 10. The number of benzene rings is 3. The summed E-state index contributed by atoms with van der Waals surface area (Å²) in [4.78, 5) is 12.9. The second kappa shape index (κ2) is 11.0. The van der Waals surface area contributed by atoms with E-state index in [1.54, 1.807) is 42.5 Å². The summed E-state index contributed by atoms with van der Waals surface area (Å²) in [5.41, 5.74) is 2.27. The maximum atomic E-state index is 13.6. The first-order chi connectivity index (χ1) is 15.8. The van der Waals surface area contributed by atoms with E-state index in [2.05, 4.69) is 5.32 Å². The zero-order valence-electron chi connectivity index (χ0n) is 18.9. The van der Waals surface area contributed by atoms with Gasteiger partial charge < -0.3 is 14.8 Å². The van der Waals surface area contributed by atoms with E-state index in [-0.39, 0.29) is 23.7 Å². The molecule has 0 spiro atoms. The molecular weight excluding hydrogens is 440 g/mol. The Morgan fingerprint density at radius 2 is 1.70 bits per heavy atom. The molecule has 1 amide bonds. The molecule has 0 unspecified atom stereocenters. The lowest BCUT2D eigenvalue weighted by Crippen LogP contribution is -2.39. The molecule has 0 atom stereocenters. The minimum Gasteiger partial charge on any atom is -0.497 e. The fourth-order valence-corrected chi connectivity index (χ4v) is 5.01. The molecule has 0 heterocycles. The van der Waals surface area contributed by atoms with Gasteiger partial charge in [-0.25, -0.2) is 8.42 Å². The average molecular weight is 469 g/mol. The van der Waals surface area contributed by atoms with Crippen LogP contribution in [0.1, 0.15) is 11.1 Å². The van der Waals surface area contributed by atoms with Gasteiger partial charge in [-0.3, -0.25) is 4.79 Å². The lowest BCUT2D eigenvalue weighted by molar-refractivity contribution is -0.116. The molecular formula is C25H28N2O5S. The van der Waals surface area contributed by atoms with Crippen molar-refractivity contribution in [3.05, 3.63) is 83.9 Å². The number of nitrogens with zero attached hydrogens (tertiary/aromatic N) is 1. The molecule has 0 aliphatic carbocycles. The molecule has 0 radical (unpaired) electrons. The Hall–Kier alpha value is -3.36. The number of hydrogen-bond acceptors (Lipinski definition) is 5. The van der Waals surface area contributed by atoms with E-state index < -0.39 is 15.9 Å². The van der Waals surface area contributed by atoms with Crippen LogP contribution < -0.4 is 14.8 Å². The topological polar surface area (TPSA) is 84.9 Å². The number of anilines is 1. The highest BCUT2D eigenvalue weighted by atomic mass is 32.2. The van der Waals surface area contributed by atoms with E-state index in [1.165, 1.54) is 18.5 Å². The van der Waals surface area contributed by atoms with Gasteiger partial charge in [0.05, 0.1) is 20.8 Å². The Morgan fingerprint density at radius 1 is 0.939 bits per heavy atom. The Labute approximate surface area is 195 Å². The van der Waals surface area contributed by atoms with E-state index in [1.807, 2.05) is 37.3 Å². The van der Waals surface area contributed by atoms with E-state index in [0.717, 1.165) is 11.1 Å². The molecule has 1 N–H and O–H groups in total. The normalized spacial score (nSPS) is 11.3. The van der Waals surface area contributed by atoms with Crippen molar-refractivity contribution in [2.24, 2.45) is 0 Å². The molecule has 33 heavy (non-hydrogen) atoms. The zero-order valence-corrected chi connectivity index (χ0v) is 19.8. The number of ether oxygens (including phenoxy) is 2. The number of carbonyl (C=O) groups excluding carboxylic acids is 1. The van der Waals surface area contributed by atoms with E-state index in [9.17, 15) is 13.2 Å². The Bertz CT molecular complexity index is 1200. The Morgan fingerprint density at radius 3 is 2.39 bits per heavy atom. The number of hydrogen-bond donors (Lipinski definition) is 1. The standard InChI is InChI=1S/C25H28N2O5S/c1-19-12-13-23(32-3)24(16-19)33(29,30)27(15-14-20-8-5-4-6-9-20)18-25(28)26-21-10-7-11-22(17-21)31-2/h4-13,16-17H,14-15,18H2,1-3H3,(H,26,28). The first kappa shape index (κ1) is 24.3. The third-order valence-electron chi connectivity index (χ3n) is 5.10. The van der Waals surface area contributed by atoms with Crippen molar-refractivity contribution in [1.29, 1.82) is 0 Å². The van der Waals surface area contributed by atoms with Gasteiger partial charge in [-0.1, -0.05) is 42.5 Å². The largest absolute Gasteiger partial charge is 0.497 e. The fourth-order valence-electron chi connectivity index (χ4n) is 3.37. The molecule has 8 heteroatoms. The van der Waals surface area contributed by atoms with E-state index in [4.69, 9.17) is 9.47 Å². The van der Waals surface area contributed by atoms with E-state index in [0.29, 0.717) is 17.9 Å². The molecule has 0 aliphatic rings. The summed E-state index contributed by atoms with van der Waals surface area (Å²) < 4.78 is 38.9. The second-order valence-corrected chi connectivity index (χ2v) is 9.41. The number of methoxy groups -OCH3 is 2. The highest BCUT2D eigenvalue weighted by Gasteiger charge is 2.29. The van der Waals surface area contributed by atoms with Gasteiger partial charge in [-0.2, -0.15) is 4.31 Å². The van der Waals surface area contributed by atoms with Gasteiger partial charge in [0, 0.05) is 18.3 Å². The van der Waals surface area contributed by atoms with Gasteiger partial charge in [0.1, 0.15) is 16.4 Å². The Kier molecular flexibility index (Phi) is 8.08. The summed E-state index contributed by atoms with van der Waals surface area (Å²) in [7, 11) is -1.05. The van der Waals surface area contributed by atoms with Crippen molar-refractivity contribution in [2.45, 2.75) is 18.2 Å². The highest BCUT2D eigenvalue weighted by Crippen LogP contribution is 2.28. The zero-order chi connectivity index (χ0) is 23.8. The maximum Gasteiger partial charge on any atom is 0.247 e. The number of carbonyl (C=O) groups is 1. The predicted molar refractivity (Wildman–Crippen MR) is 128 cm³/mol. The summed E-state index contributed by atoms with van der Waals surface area (Å²) in [5.74, 6) is 0.371. The van der Waals surface area contributed by atoms with Crippen molar-refractivity contribution in [2.75, 3.05) is 32.6 Å². The van der Waals surface area contributed by atoms with Crippen LogP contribution in [0.5, 0.6) is 11.5 Å². The molecule has 7 nitrogen and oxygen atoms in total. The molecule has 0 saturated heterocycles. The third kappa shape index (κ3) is 6.34. The minimum absolute atomic E-state index is 0.0345. The van der Waals surface area contributed by atoms with Crippen LogP contribution in [0, 0.1) is 6.92 Å². The molecule has 0 bridgehead atoms. The van der Waals surface area contributed by atoms with Crippen LogP contribution in [-0.2, 0) is 21.2 Å². The van der Waals surface area contributed by atoms with Gasteiger partial charge in [0.2, 0.25) is 15.9 Å². The molecule has 3 aromatic rings. The van der Waals surface area contributed by atoms with Crippen LogP contribution in [0.3, 0.4) is 0 Å². The molecule has 0 saturated carbocycles. The first-order valence-corrected chi connectivity index (χ1v) is 11.9. The summed E-state index contributed by atoms with van der Waals surface area (Å²) >= 11 is 0. The number of sulfonamides is 1. The molecule has 174 valence electrons. The second-order valence-electron chi connectivity index (χ2n) is 7.51. The predicted octanol–water partition coefficient (Wildman–Crippen LogP) is 3.88. The van der Waals surface area contributed by atoms with Gasteiger partial charge in [-0.05, 0) is 48.7 Å². The molecule has 0 aliphatic heterocycles. The van der Waals surface area contributed by atoms with Crippen LogP contribution in [-0.4, -0.2) is 45.9 Å². The Balaban J connectivity index is 1.88. The summed E-state index contributed by atoms with van der Waals surface area (Å²) in [5, 5.41) is 2.75. The quantitative estimate of drug-likeness (QED) is 0.488. The van der Waals surface area contributed by atoms with Crippen molar-refractivity contribution < 1.29 is 22.7 Å². The monoisotopic (exact) mass is 468 g/mol. The molecule has 3 aromatic carbocycles. The first-order valence-electron chi connectivity index (χ1n) is 10.5. The molecule has 0 fully saturated rings. The van der Waals surface area contributed by atoms with Crippen molar-refractivity contribution in [1.82, 2.24) is 4.31 Å². The number of aryl methyl sites for hydroxylation is 1. The summed E-state index contributed by atoms with van der Waals surface area (Å²) in [6.45, 7) is 1.60. The van der Waals surface area contributed by atoms with Gasteiger partial charge in [0.25, 0.3) is 0 Å². The lowest BCUT2D eigenvalue weighted by Gasteiger charge is -2.23. The van der Waals surface area contributed by atoms with Crippen LogP contribution in [0.25, 0.3) is 0 Å². The molecule has 0 aromatic heterocycles. The van der Waals surface area contributed by atoms with Gasteiger partial charge >= 0.3 is 0 Å². The van der Waals surface area contributed by atoms with Crippen LogP contribution in [0.15, 0.2) is 77.7 Å². The maximum absolute atomic E-state index is 13.6. The van der Waals surface area contributed by atoms with Crippen molar-refractivity contribution in [3.63, 3.8) is 0 Å². The van der Waals surface area contributed by atoms with Gasteiger partial charge in [0.15, 0.2) is 0 Å². The minimum atomic E-state index is -4.01. The number of amides is 1. The van der Waals surface area contributed by atoms with Crippen molar-refractivity contribution >= 4 is 21.6 Å². The average Bonchev–Trinajstić information content (AvgIpc) is 2.82. The van der Waals surface area contributed by atoms with Crippen LogP contribution >= 0.6 is 0 Å². The molecule has 3 rings (SSSR count). The number of nitrogens with one attached hydrogen (secondary N) is 1. The fraction of sp³-hybridized carbons (Fsp3) is 0.240. The van der Waals surface area contributed by atoms with Crippen LogP contribution in [0.2, 0.25) is 0 Å². The SMILES string of the molecule is COc1cccc(NC(=O)CN(CCc2ccccc2)S(=O)(=O)c2cc(C)ccc2OC)c1. The highest BCUT2D eigenvalue weighted by molar-refractivity contribution is 7.89. The van der Waals surface area contributed by atoms with Crippen molar-refractivity contribution in [3.8, 4) is 11.5 Å². The lowest BCUT2D eigenvalue weighted by atomic mass is 10.1. The van der Waals surface area contributed by atoms with E-state index >= 15 is 0 Å². The smallest absolute Gasteiger partial charge is 0.247 e. The van der Waals surface area contributed by atoms with Crippen LogP contribution in [0.4, 0.5) is 5.69 Å². The third-order valence-corrected chi connectivity index (χ3v) is 6.97. The summed E-state index contributed by atoms with van der Waals surface area (Å²) in [6.07, 6.45) is 0.459.